The van der Waals surface area contributed by atoms with Crippen molar-refractivity contribution < 1.29 is 23.1 Å². The molecule has 2 amide bonds. The first-order chi connectivity index (χ1) is 14.9. The lowest BCUT2D eigenvalue weighted by molar-refractivity contribution is 0.0601. The number of ether oxygens (including phenoxy) is 1. The van der Waals surface area contributed by atoms with Gasteiger partial charge >= 0.3 is 12.0 Å². The van der Waals surface area contributed by atoms with E-state index in [-0.39, 0.29) is 22.7 Å². The summed E-state index contributed by atoms with van der Waals surface area (Å²) in [7, 11) is 1.22. The smallest absolute Gasteiger partial charge is 0.339 e. The maximum absolute atomic E-state index is 14.6. The summed E-state index contributed by atoms with van der Waals surface area (Å²) in [5, 5.41) is 2.85. The number of carbonyl (C=O) groups excluding carboxylic acids is 2. The number of urea groups is 1. The number of benzene rings is 2. The van der Waals surface area contributed by atoms with E-state index in [2.05, 4.69) is 20.0 Å². The SMILES string of the molecule is COC(=O)c1cc(NC(=O)N2CCc3[nH]cnc3C2c2cccc(F)c2F)ccc1Cl. The Morgan fingerprint density at radius 2 is 2.10 bits per heavy atom. The van der Waals surface area contributed by atoms with Gasteiger partial charge in [0.15, 0.2) is 11.6 Å². The van der Waals surface area contributed by atoms with Crippen LogP contribution < -0.4 is 5.32 Å². The molecule has 1 atom stereocenters. The van der Waals surface area contributed by atoms with Gasteiger partial charge in [0.05, 0.1) is 29.7 Å². The minimum Gasteiger partial charge on any atom is -0.465 e. The summed E-state index contributed by atoms with van der Waals surface area (Å²) < 4.78 is 33.2. The van der Waals surface area contributed by atoms with Gasteiger partial charge in [-0.15, -0.1) is 0 Å². The number of hydrogen-bond acceptors (Lipinski definition) is 4. The molecule has 0 fully saturated rings. The van der Waals surface area contributed by atoms with E-state index < -0.39 is 29.7 Å². The number of amides is 2. The Hall–Kier alpha value is -3.46. The van der Waals surface area contributed by atoms with Crippen molar-refractivity contribution in [3.63, 3.8) is 0 Å². The highest BCUT2D eigenvalue weighted by molar-refractivity contribution is 6.33. The fourth-order valence-electron chi connectivity index (χ4n) is 3.61. The average molecular weight is 447 g/mol. The third-order valence-corrected chi connectivity index (χ3v) is 5.41. The predicted molar refractivity (Wildman–Crippen MR) is 109 cm³/mol. The predicted octanol–water partition coefficient (Wildman–Crippen LogP) is 4.31. The van der Waals surface area contributed by atoms with Gasteiger partial charge in [-0.3, -0.25) is 0 Å². The van der Waals surface area contributed by atoms with E-state index >= 15 is 0 Å². The molecule has 1 aromatic heterocycles. The zero-order valence-corrected chi connectivity index (χ0v) is 17.0. The molecule has 0 radical (unpaired) electrons. The first kappa shape index (κ1) is 20.8. The van der Waals surface area contributed by atoms with Crippen molar-refractivity contribution in [1.29, 1.82) is 0 Å². The number of nitrogens with one attached hydrogen (secondary N) is 2. The number of H-pyrrole nitrogens is 1. The summed E-state index contributed by atoms with van der Waals surface area (Å²) in [6, 6.07) is 6.67. The zero-order valence-electron chi connectivity index (χ0n) is 16.3. The molecule has 1 aliphatic rings. The highest BCUT2D eigenvalue weighted by Gasteiger charge is 2.36. The molecular weight excluding hydrogens is 430 g/mol. The lowest BCUT2D eigenvalue weighted by atomic mass is 9.95. The summed E-state index contributed by atoms with van der Waals surface area (Å²) in [5.41, 5.74) is 1.56. The van der Waals surface area contributed by atoms with Crippen LogP contribution in [0.3, 0.4) is 0 Å². The number of fused-ring (bicyclic) bond motifs is 1. The maximum atomic E-state index is 14.6. The van der Waals surface area contributed by atoms with Crippen LogP contribution in [0.2, 0.25) is 5.02 Å². The van der Waals surface area contributed by atoms with Gasteiger partial charge in [0.2, 0.25) is 0 Å². The molecule has 3 aromatic rings. The Bertz CT molecular complexity index is 1170. The molecule has 0 saturated heterocycles. The van der Waals surface area contributed by atoms with Crippen molar-refractivity contribution >= 4 is 29.3 Å². The summed E-state index contributed by atoms with van der Waals surface area (Å²) >= 11 is 6.02. The van der Waals surface area contributed by atoms with Crippen LogP contribution in [0.25, 0.3) is 0 Å². The Morgan fingerprint density at radius 3 is 2.87 bits per heavy atom. The summed E-state index contributed by atoms with van der Waals surface area (Å²) in [6.45, 7) is 0.235. The second-order valence-corrected chi connectivity index (χ2v) is 7.28. The van der Waals surface area contributed by atoms with Gasteiger partial charge in [-0.2, -0.15) is 0 Å². The van der Waals surface area contributed by atoms with E-state index in [1.54, 1.807) is 0 Å². The quantitative estimate of drug-likeness (QED) is 0.587. The average Bonchev–Trinajstić information content (AvgIpc) is 3.25. The third-order valence-electron chi connectivity index (χ3n) is 5.08. The number of methoxy groups -OCH3 is 1. The Balaban J connectivity index is 1.69. The fraction of sp³-hybridized carbons (Fsp3) is 0.190. The first-order valence-corrected chi connectivity index (χ1v) is 9.70. The molecule has 0 spiro atoms. The van der Waals surface area contributed by atoms with Crippen LogP contribution in [0.1, 0.15) is 33.4 Å². The second-order valence-electron chi connectivity index (χ2n) is 6.87. The van der Waals surface area contributed by atoms with Gasteiger partial charge in [-0.25, -0.2) is 23.4 Å². The van der Waals surface area contributed by atoms with Gasteiger partial charge in [0.25, 0.3) is 0 Å². The number of halogens is 3. The molecule has 160 valence electrons. The summed E-state index contributed by atoms with van der Waals surface area (Å²) in [4.78, 5) is 33.6. The molecular formula is C21H17ClF2N4O3. The zero-order chi connectivity index (χ0) is 22.1. The van der Waals surface area contributed by atoms with Crippen LogP contribution in [0.15, 0.2) is 42.7 Å². The molecule has 0 aliphatic carbocycles. The van der Waals surface area contributed by atoms with Crippen molar-refractivity contribution in [2.75, 3.05) is 19.0 Å². The fourth-order valence-corrected chi connectivity index (χ4v) is 3.80. The molecule has 2 aromatic carbocycles. The molecule has 7 nitrogen and oxygen atoms in total. The number of hydrogen-bond donors (Lipinski definition) is 2. The number of anilines is 1. The molecule has 2 heterocycles. The highest BCUT2D eigenvalue weighted by Crippen LogP contribution is 2.35. The van der Waals surface area contributed by atoms with Crippen molar-refractivity contribution in [3.05, 3.63) is 81.9 Å². The number of carbonyl (C=O) groups is 2. The minimum atomic E-state index is -1.04. The third kappa shape index (κ3) is 3.84. The molecule has 1 unspecified atom stereocenters. The van der Waals surface area contributed by atoms with Gasteiger partial charge in [-0.1, -0.05) is 23.7 Å². The molecule has 4 rings (SSSR count). The Kier molecular flexibility index (Phi) is 5.60. The number of aromatic amines is 1. The largest absolute Gasteiger partial charge is 0.465 e. The Morgan fingerprint density at radius 1 is 1.29 bits per heavy atom. The van der Waals surface area contributed by atoms with Crippen molar-refractivity contribution in [2.45, 2.75) is 12.5 Å². The topological polar surface area (TPSA) is 87.3 Å². The minimum absolute atomic E-state index is 0.00504. The van der Waals surface area contributed by atoms with Gasteiger partial charge < -0.3 is 19.9 Å². The normalized spacial score (nSPS) is 15.4. The number of rotatable bonds is 3. The summed E-state index contributed by atoms with van der Waals surface area (Å²) in [5.74, 6) is -2.71. The van der Waals surface area contributed by atoms with Crippen LogP contribution in [0.5, 0.6) is 0 Å². The summed E-state index contributed by atoms with van der Waals surface area (Å²) in [6.07, 6.45) is 1.92. The molecule has 31 heavy (non-hydrogen) atoms. The number of imidazole rings is 1. The highest BCUT2D eigenvalue weighted by atomic mass is 35.5. The standard InChI is InChI=1S/C21H17ClF2N4O3/c1-31-20(29)13-9-11(5-6-14(13)22)27-21(30)28-8-7-16-18(26-10-25-16)19(28)12-3-2-4-15(23)17(12)24/h2-6,9-10,19H,7-8H2,1H3,(H,25,26)(H,27,30). The molecule has 0 saturated carbocycles. The van der Waals surface area contributed by atoms with Crippen molar-refractivity contribution in [1.82, 2.24) is 14.9 Å². The Labute approximate surface area is 181 Å². The lowest BCUT2D eigenvalue weighted by Gasteiger charge is -2.35. The van der Waals surface area contributed by atoms with Gasteiger partial charge in [0, 0.05) is 29.9 Å². The number of aromatic nitrogens is 2. The van der Waals surface area contributed by atoms with E-state index in [0.29, 0.717) is 17.8 Å². The van der Waals surface area contributed by atoms with Gasteiger partial charge in [0.1, 0.15) is 6.04 Å². The molecule has 2 N–H and O–H groups in total. The van der Waals surface area contributed by atoms with Crippen molar-refractivity contribution in [2.24, 2.45) is 0 Å². The van der Waals surface area contributed by atoms with Gasteiger partial charge in [-0.05, 0) is 24.3 Å². The van der Waals surface area contributed by atoms with Crippen LogP contribution in [-0.4, -0.2) is 40.5 Å². The van der Waals surface area contributed by atoms with E-state index in [1.165, 1.54) is 48.7 Å². The molecule has 1 aliphatic heterocycles. The number of esters is 1. The van der Waals surface area contributed by atoms with Crippen LogP contribution in [0, 0.1) is 11.6 Å². The first-order valence-electron chi connectivity index (χ1n) is 9.32. The van der Waals surface area contributed by atoms with E-state index in [4.69, 9.17) is 11.6 Å². The van der Waals surface area contributed by atoms with E-state index in [0.717, 1.165) is 11.8 Å². The van der Waals surface area contributed by atoms with E-state index in [1.807, 2.05) is 0 Å². The second kappa shape index (κ2) is 8.35. The monoisotopic (exact) mass is 446 g/mol. The van der Waals surface area contributed by atoms with Crippen LogP contribution in [0.4, 0.5) is 19.3 Å². The van der Waals surface area contributed by atoms with E-state index in [9.17, 15) is 18.4 Å². The molecule has 10 heteroatoms. The van der Waals surface area contributed by atoms with Crippen LogP contribution in [-0.2, 0) is 11.2 Å². The molecule has 0 bridgehead atoms. The maximum Gasteiger partial charge on any atom is 0.339 e. The van der Waals surface area contributed by atoms with Crippen molar-refractivity contribution in [3.8, 4) is 0 Å². The van der Waals surface area contributed by atoms with Crippen LogP contribution >= 0.6 is 11.6 Å². The number of nitrogens with zero attached hydrogens (tertiary/aromatic N) is 2. The lowest BCUT2D eigenvalue weighted by Crippen LogP contribution is -2.43.